The number of nitrogens with zero attached hydrogens (tertiary/aromatic N) is 1. The molecule has 64 valence electrons. The third-order valence-electron chi connectivity index (χ3n) is 1.39. The zero-order valence-electron chi connectivity index (χ0n) is 6.44. The summed E-state index contributed by atoms with van der Waals surface area (Å²) >= 11 is 0.861. The van der Waals surface area contributed by atoms with Gasteiger partial charge >= 0.3 is 0 Å². The Balaban J connectivity index is 2.84. The molecule has 2 amide bonds. The molecular formula is C7H7NO3S. The summed E-state index contributed by atoms with van der Waals surface area (Å²) in [5, 5.41) is -0.375. The van der Waals surface area contributed by atoms with Crippen molar-refractivity contribution in [2.24, 2.45) is 0 Å². The van der Waals surface area contributed by atoms with Crippen molar-refractivity contribution < 1.29 is 14.4 Å². The number of hydrogen-bond donors (Lipinski definition) is 0. The molecule has 0 saturated carbocycles. The van der Waals surface area contributed by atoms with Crippen molar-refractivity contribution in [1.82, 2.24) is 4.90 Å². The van der Waals surface area contributed by atoms with Crippen LogP contribution in [0.15, 0.2) is 11.0 Å². The number of thioether (sulfide) groups is 1. The fraction of sp³-hybridized carbons (Fsp3) is 0.286. The zero-order valence-corrected chi connectivity index (χ0v) is 7.26. The molecule has 0 atom stereocenters. The molecule has 0 radical (unpaired) electrons. The highest BCUT2D eigenvalue weighted by atomic mass is 32.2. The third-order valence-corrected chi connectivity index (χ3v) is 2.42. The SMILES string of the molecule is C/C=C1/SC(=O)N(CC=O)C1=O. The number of amides is 2. The molecule has 0 aliphatic carbocycles. The molecule has 0 aromatic carbocycles. The second-order valence-corrected chi connectivity index (χ2v) is 3.10. The quantitative estimate of drug-likeness (QED) is 0.471. The average Bonchev–Trinajstić information content (AvgIpc) is 2.32. The van der Waals surface area contributed by atoms with Crippen molar-refractivity contribution in [2.75, 3.05) is 6.54 Å². The molecule has 5 heteroatoms. The van der Waals surface area contributed by atoms with E-state index in [1.807, 2.05) is 0 Å². The Bertz CT molecular complexity index is 272. The molecule has 0 spiro atoms. The summed E-state index contributed by atoms with van der Waals surface area (Å²) in [6.07, 6.45) is 2.10. The Kier molecular flexibility index (Phi) is 2.65. The summed E-state index contributed by atoms with van der Waals surface area (Å²) in [5.74, 6) is -0.375. The van der Waals surface area contributed by atoms with Crippen LogP contribution < -0.4 is 0 Å². The predicted octanol–water partition coefficient (Wildman–Crippen LogP) is 0.785. The molecule has 1 rings (SSSR count). The van der Waals surface area contributed by atoms with Crippen molar-refractivity contribution in [3.05, 3.63) is 11.0 Å². The normalized spacial score (nSPS) is 20.8. The number of hydrogen-bond acceptors (Lipinski definition) is 4. The molecule has 12 heavy (non-hydrogen) atoms. The molecule has 1 fully saturated rings. The number of carbonyl (C=O) groups is 3. The van der Waals surface area contributed by atoms with Crippen LogP contribution in [0, 0.1) is 0 Å². The van der Waals surface area contributed by atoms with E-state index in [4.69, 9.17) is 0 Å². The lowest BCUT2D eigenvalue weighted by Crippen LogP contribution is -2.29. The first-order valence-corrected chi connectivity index (χ1v) is 4.16. The van der Waals surface area contributed by atoms with Crippen LogP contribution in [0.3, 0.4) is 0 Å². The van der Waals surface area contributed by atoms with Crippen molar-refractivity contribution in [1.29, 1.82) is 0 Å². The molecule has 1 heterocycles. The van der Waals surface area contributed by atoms with E-state index in [2.05, 4.69) is 0 Å². The minimum absolute atomic E-state index is 0.151. The lowest BCUT2D eigenvalue weighted by Gasteiger charge is -2.05. The highest BCUT2D eigenvalue weighted by Crippen LogP contribution is 2.29. The van der Waals surface area contributed by atoms with Gasteiger partial charge in [0.1, 0.15) is 6.29 Å². The van der Waals surface area contributed by atoms with Crippen molar-refractivity contribution in [3.63, 3.8) is 0 Å². The van der Waals surface area contributed by atoms with E-state index in [-0.39, 0.29) is 17.7 Å². The van der Waals surface area contributed by atoms with Gasteiger partial charge in [0.25, 0.3) is 11.1 Å². The van der Waals surface area contributed by atoms with Gasteiger partial charge in [-0.1, -0.05) is 6.08 Å². The Labute approximate surface area is 73.6 Å². The van der Waals surface area contributed by atoms with Gasteiger partial charge in [-0.25, -0.2) is 0 Å². The van der Waals surface area contributed by atoms with Gasteiger partial charge in [-0.05, 0) is 18.7 Å². The maximum absolute atomic E-state index is 11.2. The second-order valence-electron chi connectivity index (χ2n) is 2.10. The molecule has 0 aromatic rings. The zero-order chi connectivity index (χ0) is 9.14. The van der Waals surface area contributed by atoms with Gasteiger partial charge in [0.15, 0.2) is 0 Å². The van der Waals surface area contributed by atoms with Crippen LogP contribution in [0.2, 0.25) is 0 Å². The second kappa shape index (κ2) is 3.53. The topological polar surface area (TPSA) is 54.5 Å². The van der Waals surface area contributed by atoms with Crippen LogP contribution in [0.5, 0.6) is 0 Å². The Hall–Kier alpha value is -1.10. The molecule has 4 nitrogen and oxygen atoms in total. The minimum atomic E-state index is -0.375. The van der Waals surface area contributed by atoms with E-state index < -0.39 is 0 Å². The van der Waals surface area contributed by atoms with E-state index in [1.54, 1.807) is 13.0 Å². The standard InChI is InChI=1S/C7H7NO3S/c1-2-5-6(10)8(3-4-9)7(11)12-5/h2,4H,3H2,1H3/b5-2+. The van der Waals surface area contributed by atoms with E-state index >= 15 is 0 Å². The number of rotatable bonds is 2. The number of aldehydes is 1. The molecule has 1 saturated heterocycles. The maximum atomic E-state index is 11.2. The summed E-state index contributed by atoms with van der Waals surface area (Å²) < 4.78 is 0. The van der Waals surface area contributed by atoms with Gasteiger partial charge < -0.3 is 4.79 Å². The van der Waals surface area contributed by atoms with Gasteiger partial charge in [-0.3, -0.25) is 14.5 Å². The monoisotopic (exact) mass is 185 g/mol. The van der Waals surface area contributed by atoms with Crippen molar-refractivity contribution in [3.8, 4) is 0 Å². The first-order chi connectivity index (χ1) is 5.70. The fourth-order valence-corrected chi connectivity index (χ4v) is 1.59. The van der Waals surface area contributed by atoms with Crippen LogP contribution in [-0.4, -0.2) is 28.9 Å². The maximum Gasteiger partial charge on any atom is 0.293 e. The summed E-state index contributed by atoms with van der Waals surface area (Å²) in [6.45, 7) is 1.53. The molecule has 0 unspecified atom stereocenters. The number of imide groups is 1. The highest BCUT2D eigenvalue weighted by Gasteiger charge is 2.33. The summed E-state index contributed by atoms with van der Waals surface area (Å²) in [4.78, 5) is 33.6. The summed E-state index contributed by atoms with van der Waals surface area (Å²) in [6, 6.07) is 0. The smallest absolute Gasteiger partial charge is 0.293 e. The third kappa shape index (κ3) is 1.40. The Morgan fingerprint density at radius 3 is 2.58 bits per heavy atom. The number of allylic oxidation sites excluding steroid dienone is 1. The van der Waals surface area contributed by atoms with Crippen LogP contribution in [0.1, 0.15) is 6.92 Å². The molecule has 1 aliphatic rings. The minimum Gasteiger partial charge on any atom is -0.301 e. The fourth-order valence-electron chi connectivity index (χ4n) is 0.823. The van der Waals surface area contributed by atoms with E-state index in [0.717, 1.165) is 16.7 Å². The molecule has 0 bridgehead atoms. The van der Waals surface area contributed by atoms with Gasteiger partial charge in [0.2, 0.25) is 0 Å². The summed E-state index contributed by atoms with van der Waals surface area (Å²) in [7, 11) is 0. The van der Waals surface area contributed by atoms with Gasteiger partial charge in [0, 0.05) is 0 Å². The first kappa shape index (κ1) is 8.99. The average molecular weight is 185 g/mol. The molecular weight excluding hydrogens is 178 g/mol. The summed E-state index contributed by atoms with van der Waals surface area (Å²) in [5.41, 5.74) is 0. The Morgan fingerprint density at radius 2 is 2.17 bits per heavy atom. The van der Waals surface area contributed by atoms with Crippen molar-refractivity contribution >= 4 is 29.2 Å². The largest absolute Gasteiger partial charge is 0.301 e. The van der Waals surface area contributed by atoms with E-state index in [9.17, 15) is 14.4 Å². The van der Waals surface area contributed by atoms with Gasteiger partial charge in [0.05, 0.1) is 11.4 Å². The van der Waals surface area contributed by atoms with E-state index in [0.29, 0.717) is 11.2 Å². The van der Waals surface area contributed by atoms with Gasteiger partial charge in [-0.15, -0.1) is 0 Å². The van der Waals surface area contributed by atoms with Crippen LogP contribution >= 0.6 is 11.8 Å². The van der Waals surface area contributed by atoms with E-state index in [1.165, 1.54) is 0 Å². The van der Waals surface area contributed by atoms with Crippen LogP contribution in [-0.2, 0) is 9.59 Å². The molecule has 1 aliphatic heterocycles. The van der Waals surface area contributed by atoms with Gasteiger partial charge in [-0.2, -0.15) is 0 Å². The van der Waals surface area contributed by atoms with Crippen LogP contribution in [0.25, 0.3) is 0 Å². The number of carbonyl (C=O) groups excluding carboxylic acids is 3. The molecule has 0 N–H and O–H groups in total. The lowest BCUT2D eigenvalue weighted by molar-refractivity contribution is -0.125. The highest BCUT2D eigenvalue weighted by molar-refractivity contribution is 8.18. The lowest BCUT2D eigenvalue weighted by atomic mass is 10.4. The molecule has 0 aromatic heterocycles. The first-order valence-electron chi connectivity index (χ1n) is 3.34. The predicted molar refractivity (Wildman–Crippen MR) is 44.5 cm³/mol. The Morgan fingerprint density at radius 1 is 1.50 bits per heavy atom. The van der Waals surface area contributed by atoms with Crippen molar-refractivity contribution in [2.45, 2.75) is 6.92 Å². The van der Waals surface area contributed by atoms with Crippen LogP contribution in [0.4, 0.5) is 4.79 Å².